The van der Waals surface area contributed by atoms with Crippen LogP contribution in [-0.4, -0.2) is 44.5 Å². The summed E-state index contributed by atoms with van der Waals surface area (Å²) < 4.78 is 14.6. The van der Waals surface area contributed by atoms with Crippen molar-refractivity contribution in [1.29, 1.82) is 0 Å². The summed E-state index contributed by atoms with van der Waals surface area (Å²) in [6.45, 7) is 3.78. The molecule has 1 aliphatic rings. The second kappa shape index (κ2) is 7.21. The van der Waals surface area contributed by atoms with Crippen molar-refractivity contribution >= 4 is 17.7 Å². The predicted octanol–water partition coefficient (Wildman–Crippen LogP) is 2.15. The van der Waals surface area contributed by atoms with Crippen molar-refractivity contribution in [2.45, 2.75) is 24.9 Å². The van der Waals surface area contributed by atoms with Crippen molar-refractivity contribution in [1.82, 2.24) is 19.8 Å². The molecular formula is C16H20FN5OS. The van der Waals surface area contributed by atoms with Crippen LogP contribution in [0.3, 0.4) is 0 Å². The Labute approximate surface area is 144 Å². The summed E-state index contributed by atoms with van der Waals surface area (Å²) in [6, 6.07) is 6.01. The van der Waals surface area contributed by atoms with E-state index in [1.54, 1.807) is 12.1 Å². The van der Waals surface area contributed by atoms with Crippen LogP contribution in [-0.2, 0) is 4.79 Å². The number of piperidine rings is 1. The number of aromatic nitrogens is 3. The Morgan fingerprint density at radius 1 is 1.46 bits per heavy atom. The van der Waals surface area contributed by atoms with E-state index in [1.165, 1.54) is 35.0 Å². The molecule has 2 aromatic rings. The van der Waals surface area contributed by atoms with E-state index >= 15 is 0 Å². The molecule has 2 heterocycles. The number of nitrogens with zero attached hydrogens (tertiary/aromatic N) is 4. The SMILES string of the molecule is C[C@H]1CCCN(C(=O)CSc2nnc(-c3cccc(F)c3)n2N)C1. The number of thioether (sulfide) groups is 1. The van der Waals surface area contributed by atoms with Gasteiger partial charge in [-0.15, -0.1) is 10.2 Å². The Hall–Kier alpha value is -2.09. The zero-order chi connectivity index (χ0) is 17.1. The molecule has 0 saturated carbocycles. The molecule has 6 nitrogen and oxygen atoms in total. The molecule has 8 heteroatoms. The lowest BCUT2D eigenvalue weighted by molar-refractivity contribution is -0.130. The summed E-state index contributed by atoms with van der Waals surface area (Å²) in [7, 11) is 0. The first-order valence-corrected chi connectivity index (χ1v) is 8.90. The molecule has 0 aliphatic carbocycles. The number of nitrogen functional groups attached to an aromatic ring is 1. The van der Waals surface area contributed by atoms with E-state index in [9.17, 15) is 9.18 Å². The molecule has 1 aromatic carbocycles. The first-order valence-electron chi connectivity index (χ1n) is 7.91. The van der Waals surface area contributed by atoms with Crippen LogP contribution in [0.4, 0.5) is 4.39 Å². The zero-order valence-corrected chi connectivity index (χ0v) is 14.3. The van der Waals surface area contributed by atoms with Gasteiger partial charge in [-0.3, -0.25) is 4.79 Å². The first kappa shape index (κ1) is 16.8. The minimum atomic E-state index is -0.362. The molecule has 0 bridgehead atoms. The van der Waals surface area contributed by atoms with Gasteiger partial charge in [0.15, 0.2) is 5.82 Å². The largest absolute Gasteiger partial charge is 0.342 e. The Bertz CT molecular complexity index is 735. The van der Waals surface area contributed by atoms with E-state index in [4.69, 9.17) is 5.84 Å². The normalized spacial score (nSPS) is 17.9. The molecule has 1 amide bonds. The summed E-state index contributed by atoms with van der Waals surface area (Å²) in [5.41, 5.74) is 0.549. The number of likely N-dealkylation sites (tertiary alicyclic amines) is 1. The monoisotopic (exact) mass is 349 g/mol. The topological polar surface area (TPSA) is 77.0 Å². The Morgan fingerprint density at radius 3 is 3.04 bits per heavy atom. The molecule has 0 radical (unpaired) electrons. The van der Waals surface area contributed by atoms with Crippen LogP contribution < -0.4 is 5.84 Å². The number of carbonyl (C=O) groups excluding carboxylic acids is 1. The van der Waals surface area contributed by atoms with Gasteiger partial charge in [-0.25, -0.2) is 9.07 Å². The van der Waals surface area contributed by atoms with Crippen LogP contribution in [0.1, 0.15) is 19.8 Å². The maximum absolute atomic E-state index is 13.3. The first-order chi connectivity index (χ1) is 11.5. The van der Waals surface area contributed by atoms with Crippen LogP contribution in [0.2, 0.25) is 0 Å². The van der Waals surface area contributed by atoms with E-state index in [1.807, 2.05) is 4.90 Å². The van der Waals surface area contributed by atoms with Crippen LogP contribution in [0.25, 0.3) is 11.4 Å². The van der Waals surface area contributed by atoms with Gasteiger partial charge >= 0.3 is 0 Å². The summed E-state index contributed by atoms with van der Waals surface area (Å²) in [4.78, 5) is 14.2. The van der Waals surface area contributed by atoms with Crippen LogP contribution in [0.15, 0.2) is 29.4 Å². The second-order valence-electron chi connectivity index (χ2n) is 6.06. The van der Waals surface area contributed by atoms with Crippen molar-refractivity contribution in [3.63, 3.8) is 0 Å². The molecular weight excluding hydrogens is 329 g/mol. The van der Waals surface area contributed by atoms with Gasteiger partial charge < -0.3 is 10.7 Å². The molecule has 3 rings (SSSR count). The van der Waals surface area contributed by atoms with Gasteiger partial charge in [-0.1, -0.05) is 30.8 Å². The third-order valence-electron chi connectivity index (χ3n) is 4.08. The van der Waals surface area contributed by atoms with Crippen LogP contribution in [0.5, 0.6) is 0 Å². The number of halogens is 1. The summed E-state index contributed by atoms with van der Waals surface area (Å²) in [6.07, 6.45) is 2.22. The van der Waals surface area contributed by atoms with Gasteiger partial charge in [0.2, 0.25) is 11.1 Å². The number of amides is 1. The van der Waals surface area contributed by atoms with Crippen LogP contribution >= 0.6 is 11.8 Å². The van der Waals surface area contributed by atoms with Crippen molar-refractivity contribution in [3.8, 4) is 11.4 Å². The maximum Gasteiger partial charge on any atom is 0.233 e. The van der Waals surface area contributed by atoms with Crippen molar-refractivity contribution in [2.24, 2.45) is 5.92 Å². The lowest BCUT2D eigenvalue weighted by atomic mass is 10.0. The summed E-state index contributed by atoms with van der Waals surface area (Å²) >= 11 is 1.25. The van der Waals surface area contributed by atoms with E-state index in [-0.39, 0.29) is 17.5 Å². The molecule has 1 aliphatic heterocycles. The number of hydrogen-bond acceptors (Lipinski definition) is 5. The van der Waals surface area contributed by atoms with Gasteiger partial charge in [0.05, 0.1) is 5.75 Å². The average molecular weight is 349 g/mol. The van der Waals surface area contributed by atoms with E-state index in [0.29, 0.717) is 22.5 Å². The standard InChI is InChI=1S/C16H20FN5OS/c1-11-4-3-7-21(9-11)14(23)10-24-16-20-19-15(22(16)18)12-5-2-6-13(17)8-12/h2,5-6,8,11H,3-4,7,9-10,18H2,1H3/t11-/m0/s1. The highest BCUT2D eigenvalue weighted by molar-refractivity contribution is 7.99. The lowest BCUT2D eigenvalue weighted by Gasteiger charge is -2.30. The third kappa shape index (κ3) is 3.69. The number of nitrogens with two attached hydrogens (primary N) is 1. The Morgan fingerprint density at radius 2 is 2.29 bits per heavy atom. The predicted molar refractivity (Wildman–Crippen MR) is 91.3 cm³/mol. The minimum absolute atomic E-state index is 0.0851. The van der Waals surface area contributed by atoms with E-state index < -0.39 is 0 Å². The molecule has 1 saturated heterocycles. The molecule has 24 heavy (non-hydrogen) atoms. The summed E-state index contributed by atoms with van der Waals surface area (Å²) in [5, 5.41) is 8.45. The third-order valence-corrected chi connectivity index (χ3v) is 5.01. The molecule has 2 N–H and O–H groups in total. The van der Waals surface area contributed by atoms with Crippen LogP contribution in [0, 0.1) is 11.7 Å². The summed E-state index contributed by atoms with van der Waals surface area (Å²) in [5.74, 6) is 6.91. The molecule has 1 atom stereocenters. The van der Waals surface area contributed by atoms with Gasteiger partial charge in [-0.2, -0.15) is 0 Å². The fraction of sp³-hybridized carbons (Fsp3) is 0.438. The minimum Gasteiger partial charge on any atom is -0.342 e. The average Bonchev–Trinajstić information content (AvgIpc) is 2.93. The van der Waals surface area contributed by atoms with E-state index in [0.717, 1.165) is 19.5 Å². The van der Waals surface area contributed by atoms with Gasteiger partial charge in [-0.05, 0) is 30.9 Å². The van der Waals surface area contributed by atoms with Gasteiger partial charge in [0, 0.05) is 18.7 Å². The molecule has 1 fully saturated rings. The van der Waals surface area contributed by atoms with Gasteiger partial charge in [0.25, 0.3) is 0 Å². The zero-order valence-electron chi connectivity index (χ0n) is 13.5. The fourth-order valence-corrected chi connectivity index (χ4v) is 3.59. The smallest absolute Gasteiger partial charge is 0.233 e. The van der Waals surface area contributed by atoms with Crippen molar-refractivity contribution in [3.05, 3.63) is 30.1 Å². The van der Waals surface area contributed by atoms with Crippen molar-refractivity contribution in [2.75, 3.05) is 24.7 Å². The number of benzene rings is 1. The quantitative estimate of drug-likeness (QED) is 0.676. The Balaban J connectivity index is 1.65. The molecule has 128 valence electrons. The molecule has 0 unspecified atom stereocenters. The number of rotatable bonds is 4. The Kier molecular flexibility index (Phi) is 5.03. The van der Waals surface area contributed by atoms with Crippen molar-refractivity contribution < 1.29 is 9.18 Å². The molecule has 0 spiro atoms. The highest BCUT2D eigenvalue weighted by Crippen LogP contribution is 2.23. The maximum atomic E-state index is 13.3. The molecule has 1 aromatic heterocycles. The fourth-order valence-electron chi connectivity index (χ4n) is 2.83. The van der Waals surface area contributed by atoms with Gasteiger partial charge in [0.1, 0.15) is 5.82 Å². The highest BCUT2D eigenvalue weighted by Gasteiger charge is 2.22. The lowest BCUT2D eigenvalue weighted by Crippen LogP contribution is -2.40. The second-order valence-corrected chi connectivity index (χ2v) is 7.00. The van der Waals surface area contributed by atoms with E-state index in [2.05, 4.69) is 17.1 Å². The number of hydrogen-bond donors (Lipinski definition) is 1. The highest BCUT2D eigenvalue weighted by atomic mass is 32.2. The number of carbonyl (C=O) groups is 1.